The van der Waals surface area contributed by atoms with Gasteiger partial charge >= 0.3 is 0 Å². The van der Waals surface area contributed by atoms with Crippen LogP contribution in [-0.4, -0.2) is 10.2 Å². The van der Waals surface area contributed by atoms with E-state index in [0.717, 1.165) is 22.3 Å². The van der Waals surface area contributed by atoms with E-state index < -0.39 is 0 Å². The standard InChI is InChI=1S/C22H16O4/c23-17-3-9-19(10-4-17)25-21-7-1-15-13-22(8-2-16(15)14-21)26-20-11-5-18(24)6-12-20/h1-14,23-24H. The minimum absolute atomic E-state index is 0.206. The highest BCUT2D eigenvalue weighted by Gasteiger charge is 2.03. The van der Waals surface area contributed by atoms with Crippen molar-refractivity contribution in [3.05, 3.63) is 84.9 Å². The lowest BCUT2D eigenvalue weighted by atomic mass is 10.1. The Bertz CT molecular complexity index is 951. The second-order valence-corrected chi connectivity index (χ2v) is 5.86. The first-order chi connectivity index (χ1) is 12.7. The number of benzene rings is 4. The highest BCUT2D eigenvalue weighted by Crippen LogP contribution is 2.30. The molecule has 0 amide bonds. The van der Waals surface area contributed by atoms with Gasteiger partial charge in [-0.15, -0.1) is 0 Å². The number of hydrogen-bond acceptors (Lipinski definition) is 4. The fourth-order valence-electron chi connectivity index (χ4n) is 2.63. The molecule has 128 valence electrons. The summed E-state index contributed by atoms with van der Waals surface area (Å²) in [5.74, 6) is 3.17. The Hall–Kier alpha value is -3.66. The third kappa shape index (κ3) is 3.54. The molecule has 0 atom stereocenters. The molecule has 0 aromatic heterocycles. The van der Waals surface area contributed by atoms with Crippen LogP contribution in [0.15, 0.2) is 84.9 Å². The molecule has 0 saturated carbocycles. The van der Waals surface area contributed by atoms with Crippen LogP contribution in [0.2, 0.25) is 0 Å². The normalized spacial score (nSPS) is 10.6. The van der Waals surface area contributed by atoms with Gasteiger partial charge in [0.25, 0.3) is 0 Å². The van der Waals surface area contributed by atoms with E-state index in [0.29, 0.717) is 11.5 Å². The second-order valence-electron chi connectivity index (χ2n) is 5.86. The molecule has 4 rings (SSSR count). The Balaban J connectivity index is 1.55. The van der Waals surface area contributed by atoms with Crippen LogP contribution in [0.25, 0.3) is 10.8 Å². The van der Waals surface area contributed by atoms with Gasteiger partial charge in [-0.05, 0) is 83.6 Å². The highest BCUT2D eigenvalue weighted by molar-refractivity contribution is 5.85. The smallest absolute Gasteiger partial charge is 0.128 e. The molecular weight excluding hydrogens is 328 g/mol. The summed E-state index contributed by atoms with van der Waals surface area (Å²) in [6.45, 7) is 0. The van der Waals surface area contributed by atoms with Crippen molar-refractivity contribution in [2.75, 3.05) is 0 Å². The van der Waals surface area contributed by atoms with Crippen LogP contribution in [0.5, 0.6) is 34.5 Å². The van der Waals surface area contributed by atoms with E-state index in [1.54, 1.807) is 48.5 Å². The van der Waals surface area contributed by atoms with Gasteiger partial charge in [-0.1, -0.05) is 12.1 Å². The quantitative estimate of drug-likeness (QED) is 0.488. The minimum atomic E-state index is 0.206. The first-order valence-electron chi connectivity index (χ1n) is 8.13. The molecular formula is C22H16O4. The lowest BCUT2D eigenvalue weighted by Crippen LogP contribution is -1.86. The predicted molar refractivity (Wildman–Crippen MR) is 100 cm³/mol. The number of phenols is 2. The molecule has 4 aromatic rings. The van der Waals surface area contributed by atoms with Crippen molar-refractivity contribution < 1.29 is 19.7 Å². The van der Waals surface area contributed by atoms with Crippen LogP contribution in [0.1, 0.15) is 0 Å². The topological polar surface area (TPSA) is 58.9 Å². The maximum absolute atomic E-state index is 9.33. The summed E-state index contributed by atoms with van der Waals surface area (Å²) < 4.78 is 11.6. The Morgan fingerprint density at radius 1 is 0.423 bits per heavy atom. The SMILES string of the molecule is Oc1ccc(Oc2ccc3cc(Oc4ccc(O)cc4)ccc3c2)cc1. The van der Waals surface area contributed by atoms with Crippen molar-refractivity contribution >= 4 is 10.8 Å². The van der Waals surface area contributed by atoms with Crippen LogP contribution in [0.4, 0.5) is 0 Å². The Morgan fingerprint density at radius 3 is 1.15 bits per heavy atom. The number of hydrogen-bond donors (Lipinski definition) is 2. The second kappa shape index (κ2) is 6.69. The van der Waals surface area contributed by atoms with Gasteiger partial charge in [0.15, 0.2) is 0 Å². The molecule has 4 nitrogen and oxygen atoms in total. The van der Waals surface area contributed by atoms with Gasteiger partial charge < -0.3 is 19.7 Å². The minimum Gasteiger partial charge on any atom is -0.508 e. The molecule has 0 saturated heterocycles. The number of aromatic hydroxyl groups is 2. The number of fused-ring (bicyclic) bond motifs is 1. The molecule has 0 bridgehead atoms. The van der Waals surface area contributed by atoms with Crippen molar-refractivity contribution in [2.24, 2.45) is 0 Å². The lowest BCUT2D eigenvalue weighted by molar-refractivity contribution is 0.464. The van der Waals surface area contributed by atoms with Gasteiger partial charge in [0.1, 0.15) is 34.5 Å². The van der Waals surface area contributed by atoms with E-state index >= 15 is 0 Å². The van der Waals surface area contributed by atoms with Crippen LogP contribution >= 0.6 is 0 Å². The summed E-state index contributed by atoms with van der Waals surface area (Å²) in [6.07, 6.45) is 0. The molecule has 0 spiro atoms. The van der Waals surface area contributed by atoms with Crippen molar-refractivity contribution in [3.63, 3.8) is 0 Å². The van der Waals surface area contributed by atoms with E-state index in [9.17, 15) is 10.2 Å². The Morgan fingerprint density at radius 2 is 0.769 bits per heavy atom. The van der Waals surface area contributed by atoms with E-state index in [2.05, 4.69) is 0 Å². The average Bonchev–Trinajstić information content (AvgIpc) is 2.66. The fraction of sp³-hybridized carbons (Fsp3) is 0. The first-order valence-corrected chi connectivity index (χ1v) is 8.13. The van der Waals surface area contributed by atoms with Crippen LogP contribution in [-0.2, 0) is 0 Å². The Labute approximate surface area is 150 Å². The monoisotopic (exact) mass is 344 g/mol. The zero-order valence-electron chi connectivity index (χ0n) is 13.8. The molecule has 26 heavy (non-hydrogen) atoms. The van der Waals surface area contributed by atoms with Gasteiger partial charge in [-0.3, -0.25) is 0 Å². The third-order valence-corrected chi connectivity index (χ3v) is 3.93. The number of ether oxygens (including phenoxy) is 2. The molecule has 0 aliphatic heterocycles. The van der Waals surface area contributed by atoms with E-state index in [-0.39, 0.29) is 11.5 Å². The van der Waals surface area contributed by atoms with Gasteiger partial charge in [-0.2, -0.15) is 0 Å². The van der Waals surface area contributed by atoms with E-state index in [1.807, 2.05) is 36.4 Å². The largest absolute Gasteiger partial charge is 0.508 e. The molecule has 0 radical (unpaired) electrons. The first kappa shape index (κ1) is 15.8. The lowest BCUT2D eigenvalue weighted by Gasteiger charge is -2.09. The summed E-state index contributed by atoms with van der Waals surface area (Å²) in [6, 6.07) is 24.8. The van der Waals surface area contributed by atoms with Crippen LogP contribution in [0.3, 0.4) is 0 Å². The van der Waals surface area contributed by atoms with E-state index in [4.69, 9.17) is 9.47 Å². The van der Waals surface area contributed by atoms with Gasteiger partial charge in [0.2, 0.25) is 0 Å². The maximum atomic E-state index is 9.33. The molecule has 4 heteroatoms. The third-order valence-electron chi connectivity index (χ3n) is 3.93. The van der Waals surface area contributed by atoms with Crippen molar-refractivity contribution in [1.29, 1.82) is 0 Å². The molecule has 0 heterocycles. The fourth-order valence-corrected chi connectivity index (χ4v) is 2.63. The van der Waals surface area contributed by atoms with Crippen molar-refractivity contribution in [1.82, 2.24) is 0 Å². The summed E-state index contributed by atoms with van der Waals surface area (Å²) >= 11 is 0. The van der Waals surface area contributed by atoms with E-state index in [1.165, 1.54) is 0 Å². The molecule has 2 N–H and O–H groups in total. The zero-order valence-corrected chi connectivity index (χ0v) is 13.8. The summed E-state index contributed by atoms with van der Waals surface area (Å²) in [4.78, 5) is 0. The predicted octanol–water partition coefficient (Wildman–Crippen LogP) is 5.84. The molecule has 0 fully saturated rings. The van der Waals surface area contributed by atoms with Gasteiger partial charge in [0, 0.05) is 0 Å². The summed E-state index contributed by atoms with van der Waals surface area (Å²) in [7, 11) is 0. The van der Waals surface area contributed by atoms with Crippen LogP contribution in [0, 0.1) is 0 Å². The van der Waals surface area contributed by atoms with Crippen molar-refractivity contribution in [3.8, 4) is 34.5 Å². The molecule has 0 unspecified atom stereocenters. The summed E-state index contributed by atoms with van der Waals surface area (Å²) in [5, 5.41) is 20.7. The zero-order chi connectivity index (χ0) is 17.9. The van der Waals surface area contributed by atoms with Crippen LogP contribution < -0.4 is 9.47 Å². The summed E-state index contributed by atoms with van der Waals surface area (Å²) in [5.41, 5.74) is 0. The maximum Gasteiger partial charge on any atom is 0.128 e. The number of rotatable bonds is 4. The molecule has 0 aliphatic carbocycles. The molecule has 0 aliphatic rings. The van der Waals surface area contributed by atoms with Gasteiger partial charge in [-0.25, -0.2) is 0 Å². The van der Waals surface area contributed by atoms with Crippen molar-refractivity contribution in [2.45, 2.75) is 0 Å². The average molecular weight is 344 g/mol. The Kier molecular flexibility index (Phi) is 4.07. The molecule has 4 aromatic carbocycles. The van der Waals surface area contributed by atoms with Gasteiger partial charge in [0.05, 0.1) is 0 Å². The number of phenolic OH excluding ortho intramolecular Hbond substituents is 2. The highest BCUT2D eigenvalue weighted by atomic mass is 16.5.